The maximum atomic E-state index is 12.4. The highest BCUT2D eigenvalue weighted by atomic mass is 32.1. The molecule has 7 heteroatoms. The van der Waals surface area contributed by atoms with Gasteiger partial charge in [-0.15, -0.1) is 11.3 Å². The normalized spacial score (nSPS) is 10.3. The number of hydrogen-bond donors (Lipinski definition) is 1. The molecule has 0 spiro atoms. The average molecular weight is 382 g/mol. The number of carbonyl (C=O) groups is 1. The second-order valence-corrected chi connectivity index (χ2v) is 6.72. The second-order valence-electron chi connectivity index (χ2n) is 5.58. The van der Waals surface area contributed by atoms with E-state index in [-0.39, 0.29) is 12.4 Å². The van der Waals surface area contributed by atoms with E-state index >= 15 is 0 Å². The Hall–Kier alpha value is -3.24. The number of carbonyl (C=O) groups excluding carboxylic acids is 1. The molecule has 27 heavy (non-hydrogen) atoms. The van der Waals surface area contributed by atoms with E-state index in [1.807, 2.05) is 19.1 Å². The highest BCUT2D eigenvalue weighted by Crippen LogP contribution is 2.29. The SMILES string of the molecule is CCc1cc(C#N)c(NC(=O)c2ccc(COc3ccccc3OC)o2)s1. The van der Waals surface area contributed by atoms with Crippen LogP contribution in [0, 0.1) is 11.3 Å². The first-order chi connectivity index (χ1) is 13.1. The van der Waals surface area contributed by atoms with Crippen LogP contribution in [0.25, 0.3) is 0 Å². The second kappa shape index (κ2) is 8.43. The predicted octanol–water partition coefficient (Wildman–Crippen LogP) is 4.62. The van der Waals surface area contributed by atoms with E-state index in [0.717, 1.165) is 11.3 Å². The van der Waals surface area contributed by atoms with Crippen LogP contribution in [0.15, 0.2) is 46.9 Å². The fourth-order valence-corrected chi connectivity index (χ4v) is 3.36. The summed E-state index contributed by atoms with van der Waals surface area (Å²) < 4.78 is 16.5. The van der Waals surface area contributed by atoms with Crippen molar-refractivity contribution in [3.05, 3.63) is 64.4 Å². The number of ether oxygens (including phenoxy) is 2. The molecule has 0 saturated heterocycles. The van der Waals surface area contributed by atoms with E-state index in [1.54, 1.807) is 37.4 Å². The Morgan fingerprint density at radius 1 is 1.26 bits per heavy atom. The maximum absolute atomic E-state index is 12.4. The van der Waals surface area contributed by atoms with Gasteiger partial charge in [-0.2, -0.15) is 5.26 Å². The Morgan fingerprint density at radius 2 is 2.04 bits per heavy atom. The van der Waals surface area contributed by atoms with E-state index in [9.17, 15) is 10.1 Å². The third-order valence-electron chi connectivity index (χ3n) is 3.80. The highest BCUT2D eigenvalue weighted by molar-refractivity contribution is 7.16. The first kappa shape index (κ1) is 18.5. The number of amides is 1. The maximum Gasteiger partial charge on any atom is 0.292 e. The molecule has 0 saturated carbocycles. The molecule has 2 aromatic heterocycles. The zero-order valence-corrected chi connectivity index (χ0v) is 15.8. The number of rotatable bonds is 7. The summed E-state index contributed by atoms with van der Waals surface area (Å²) in [5.41, 5.74) is 0.455. The van der Waals surface area contributed by atoms with Crippen molar-refractivity contribution >= 4 is 22.2 Å². The van der Waals surface area contributed by atoms with Crippen molar-refractivity contribution in [2.45, 2.75) is 20.0 Å². The third-order valence-corrected chi connectivity index (χ3v) is 5.00. The summed E-state index contributed by atoms with van der Waals surface area (Å²) in [5.74, 6) is 1.47. The Morgan fingerprint density at radius 3 is 2.74 bits per heavy atom. The van der Waals surface area contributed by atoms with E-state index in [1.165, 1.54) is 11.3 Å². The topological polar surface area (TPSA) is 84.5 Å². The molecule has 0 radical (unpaired) electrons. The molecule has 3 aromatic rings. The molecule has 6 nitrogen and oxygen atoms in total. The molecular weight excluding hydrogens is 364 g/mol. The Labute approximate surface area is 161 Å². The molecule has 0 aliphatic heterocycles. The zero-order valence-electron chi connectivity index (χ0n) is 14.9. The Balaban J connectivity index is 1.66. The highest BCUT2D eigenvalue weighted by Gasteiger charge is 2.16. The van der Waals surface area contributed by atoms with Crippen molar-refractivity contribution in [3.8, 4) is 17.6 Å². The van der Waals surface area contributed by atoms with Crippen molar-refractivity contribution in [1.82, 2.24) is 0 Å². The molecule has 0 unspecified atom stereocenters. The van der Waals surface area contributed by atoms with Crippen LogP contribution in [-0.2, 0) is 13.0 Å². The number of aryl methyl sites for hydroxylation is 1. The molecule has 1 aromatic carbocycles. The molecule has 0 aliphatic rings. The first-order valence-corrected chi connectivity index (χ1v) is 9.15. The van der Waals surface area contributed by atoms with Crippen LogP contribution in [0.5, 0.6) is 11.5 Å². The number of para-hydroxylation sites is 2. The molecule has 1 N–H and O–H groups in total. The Bertz CT molecular complexity index is 984. The van der Waals surface area contributed by atoms with Crippen molar-refractivity contribution < 1.29 is 18.7 Å². The monoisotopic (exact) mass is 382 g/mol. The number of benzene rings is 1. The quantitative estimate of drug-likeness (QED) is 0.645. The zero-order chi connectivity index (χ0) is 19.2. The number of furan rings is 1. The van der Waals surface area contributed by atoms with Crippen LogP contribution in [0.4, 0.5) is 5.00 Å². The van der Waals surface area contributed by atoms with Gasteiger partial charge in [0.15, 0.2) is 17.3 Å². The number of nitriles is 1. The number of methoxy groups -OCH3 is 1. The lowest BCUT2D eigenvalue weighted by molar-refractivity contribution is 0.0993. The molecule has 3 rings (SSSR count). The lowest BCUT2D eigenvalue weighted by atomic mass is 10.3. The van der Waals surface area contributed by atoms with E-state index in [2.05, 4.69) is 11.4 Å². The van der Waals surface area contributed by atoms with Gasteiger partial charge in [-0.1, -0.05) is 19.1 Å². The third kappa shape index (κ3) is 4.30. The van der Waals surface area contributed by atoms with Crippen molar-refractivity contribution in [2.75, 3.05) is 12.4 Å². The number of hydrogen-bond acceptors (Lipinski definition) is 6. The van der Waals surface area contributed by atoms with Gasteiger partial charge in [0.05, 0.1) is 12.7 Å². The van der Waals surface area contributed by atoms with Gasteiger partial charge in [0, 0.05) is 4.88 Å². The molecule has 0 atom stereocenters. The summed E-state index contributed by atoms with van der Waals surface area (Å²) in [6.45, 7) is 2.16. The van der Waals surface area contributed by atoms with Crippen LogP contribution in [0.2, 0.25) is 0 Å². The summed E-state index contributed by atoms with van der Waals surface area (Å²) in [7, 11) is 1.57. The van der Waals surface area contributed by atoms with E-state index in [0.29, 0.717) is 27.8 Å². The van der Waals surface area contributed by atoms with Gasteiger partial charge in [0.2, 0.25) is 0 Å². The molecule has 0 aliphatic carbocycles. The van der Waals surface area contributed by atoms with Gasteiger partial charge in [0.25, 0.3) is 5.91 Å². The average Bonchev–Trinajstić information content (AvgIpc) is 3.33. The van der Waals surface area contributed by atoms with Gasteiger partial charge in [-0.05, 0) is 36.8 Å². The number of anilines is 1. The lowest BCUT2D eigenvalue weighted by Crippen LogP contribution is -2.10. The van der Waals surface area contributed by atoms with Gasteiger partial charge >= 0.3 is 0 Å². The van der Waals surface area contributed by atoms with Crippen LogP contribution in [0.3, 0.4) is 0 Å². The van der Waals surface area contributed by atoms with Crippen molar-refractivity contribution in [2.24, 2.45) is 0 Å². The fraction of sp³-hybridized carbons (Fsp3) is 0.200. The predicted molar refractivity (Wildman–Crippen MR) is 102 cm³/mol. The van der Waals surface area contributed by atoms with E-state index < -0.39 is 5.91 Å². The summed E-state index contributed by atoms with van der Waals surface area (Å²) in [6, 6.07) is 14.4. The minimum Gasteiger partial charge on any atom is -0.493 e. The molecule has 1 amide bonds. The number of thiophene rings is 1. The summed E-state index contributed by atoms with van der Waals surface area (Å²) in [5, 5.41) is 12.5. The summed E-state index contributed by atoms with van der Waals surface area (Å²) >= 11 is 1.39. The number of nitrogens with one attached hydrogen (secondary N) is 1. The minimum absolute atomic E-state index is 0.156. The molecule has 138 valence electrons. The van der Waals surface area contributed by atoms with Crippen LogP contribution >= 0.6 is 11.3 Å². The molecule has 0 fully saturated rings. The molecule has 0 bridgehead atoms. The smallest absolute Gasteiger partial charge is 0.292 e. The van der Waals surface area contributed by atoms with E-state index in [4.69, 9.17) is 13.9 Å². The van der Waals surface area contributed by atoms with Crippen molar-refractivity contribution in [1.29, 1.82) is 5.26 Å². The van der Waals surface area contributed by atoms with Crippen LogP contribution < -0.4 is 14.8 Å². The summed E-state index contributed by atoms with van der Waals surface area (Å²) in [4.78, 5) is 13.4. The minimum atomic E-state index is -0.403. The standard InChI is InChI=1S/C20H18N2O4S/c1-3-15-10-13(11-21)20(27-15)22-19(23)18-9-8-14(26-18)12-25-17-7-5-4-6-16(17)24-2/h4-10H,3,12H2,1-2H3,(H,22,23). The Kier molecular flexibility index (Phi) is 5.79. The van der Waals surface area contributed by atoms with Gasteiger partial charge in [-0.3, -0.25) is 4.79 Å². The van der Waals surface area contributed by atoms with Crippen molar-refractivity contribution in [3.63, 3.8) is 0 Å². The van der Waals surface area contributed by atoms with Crippen LogP contribution in [-0.4, -0.2) is 13.0 Å². The van der Waals surface area contributed by atoms with Crippen LogP contribution in [0.1, 0.15) is 33.7 Å². The number of nitrogens with zero attached hydrogens (tertiary/aromatic N) is 1. The van der Waals surface area contributed by atoms with Gasteiger partial charge in [-0.25, -0.2) is 0 Å². The van der Waals surface area contributed by atoms with Gasteiger partial charge in [0.1, 0.15) is 23.4 Å². The molecule has 2 heterocycles. The fourth-order valence-electron chi connectivity index (χ4n) is 2.42. The van der Waals surface area contributed by atoms with Gasteiger partial charge < -0.3 is 19.2 Å². The largest absolute Gasteiger partial charge is 0.493 e. The molecular formula is C20H18N2O4S. The lowest BCUT2D eigenvalue weighted by Gasteiger charge is -2.08. The first-order valence-electron chi connectivity index (χ1n) is 8.33. The summed E-state index contributed by atoms with van der Waals surface area (Å²) in [6.07, 6.45) is 0.806.